The number of nitrogens with zero attached hydrogens (tertiary/aromatic N) is 2. The van der Waals surface area contributed by atoms with Gasteiger partial charge in [-0.3, -0.25) is 15.0 Å². The number of anilines is 1. The maximum absolute atomic E-state index is 11.2. The average molecular weight is 346 g/mol. The molecule has 126 valence electrons. The van der Waals surface area contributed by atoms with Crippen molar-refractivity contribution >= 4 is 23.0 Å². The fraction of sp³-hybridized carbons (Fsp3) is 0.333. The van der Waals surface area contributed by atoms with Crippen LogP contribution in [0.1, 0.15) is 18.9 Å². The quantitative estimate of drug-likeness (QED) is 0.647. The molecule has 0 spiro atoms. The van der Waals surface area contributed by atoms with Gasteiger partial charge in [-0.15, -0.1) is 0 Å². The summed E-state index contributed by atoms with van der Waals surface area (Å²) < 4.78 is 0. The molecule has 2 aromatic carbocycles. The van der Waals surface area contributed by atoms with Gasteiger partial charge in [-0.2, -0.15) is 0 Å². The molecule has 0 saturated carbocycles. The summed E-state index contributed by atoms with van der Waals surface area (Å²) in [5, 5.41) is 14.9. The van der Waals surface area contributed by atoms with Gasteiger partial charge in [0.2, 0.25) is 0 Å². The van der Waals surface area contributed by atoms with Crippen molar-refractivity contribution in [2.24, 2.45) is 0 Å². The third kappa shape index (κ3) is 3.86. The largest absolute Gasteiger partial charge is 0.375 e. The van der Waals surface area contributed by atoms with Crippen LogP contribution >= 0.6 is 11.6 Å². The number of nitro groups is 1. The lowest BCUT2D eigenvalue weighted by atomic mass is 10.1. The lowest BCUT2D eigenvalue weighted by Gasteiger charge is -2.21. The fourth-order valence-corrected chi connectivity index (χ4v) is 3.41. The monoisotopic (exact) mass is 345 g/mol. The van der Waals surface area contributed by atoms with Crippen molar-refractivity contribution in [3.63, 3.8) is 0 Å². The van der Waals surface area contributed by atoms with Gasteiger partial charge in [0.1, 0.15) is 5.69 Å². The van der Waals surface area contributed by atoms with E-state index < -0.39 is 4.92 Å². The molecule has 0 aromatic heterocycles. The Labute approximate surface area is 146 Å². The van der Waals surface area contributed by atoms with Crippen molar-refractivity contribution in [3.05, 3.63) is 69.2 Å². The van der Waals surface area contributed by atoms with Crippen molar-refractivity contribution in [2.45, 2.75) is 32.0 Å². The van der Waals surface area contributed by atoms with Crippen molar-refractivity contribution in [3.8, 4) is 0 Å². The van der Waals surface area contributed by atoms with Crippen LogP contribution in [0.3, 0.4) is 0 Å². The topological polar surface area (TPSA) is 58.4 Å². The normalized spacial score (nSPS) is 20.9. The molecule has 1 aliphatic heterocycles. The molecule has 3 rings (SSSR count). The number of halogens is 1. The Balaban J connectivity index is 1.68. The smallest absolute Gasteiger partial charge is 0.293 e. The van der Waals surface area contributed by atoms with E-state index >= 15 is 0 Å². The minimum Gasteiger partial charge on any atom is -0.375 e. The molecular weight excluding hydrogens is 326 g/mol. The number of hydrogen-bond acceptors (Lipinski definition) is 4. The van der Waals surface area contributed by atoms with E-state index in [0.717, 1.165) is 19.5 Å². The molecule has 1 fully saturated rings. The van der Waals surface area contributed by atoms with Gasteiger partial charge in [-0.1, -0.05) is 41.9 Å². The second kappa shape index (κ2) is 7.20. The summed E-state index contributed by atoms with van der Waals surface area (Å²) in [6.45, 7) is 3.94. The first kappa shape index (κ1) is 16.7. The van der Waals surface area contributed by atoms with Crippen LogP contribution in [0.25, 0.3) is 0 Å². The van der Waals surface area contributed by atoms with Gasteiger partial charge in [0.05, 0.1) is 4.92 Å². The summed E-state index contributed by atoms with van der Waals surface area (Å²) in [5.74, 6) is 0. The van der Waals surface area contributed by atoms with Gasteiger partial charge in [0, 0.05) is 36.3 Å². The lowest BCUT2D eigenvalue weighted by molar-refractivity contribution is -0.384. The van der Waals surface area contributed by atoms with E-state index in [-0.39, 0.29) is 11.7 Å². The SMILES string of the molecule is CC1CC(Nc2ccc(Cl)cc2[N+](=O)[O-])CN1Cc1ccccc1. The summed E-state index contributed by atoms with van der Waals surface area (Å²) in [5.41, 5.74) is 1.84. The van der Waals surface area contributed by atoms with Crippen LogP contribution in [0, 0.1) is 10.1 Å². The van der Waals surface area contributed by atoms with Crippen molar-refractivity contribution < 1.29 is 4.92 Å². The molecule has 0 bridgehead atoms. The highest BCUT2D eigenvalue weighted by Gasteiger charge is 2.30. The molecule has 0 aliphatic carbocycles. The van der Waals surface area contributed by atoms with E-state index in [2.05, 4.69) is 29.3 Å². The molecule has 0 radical (unpaired) electrons. The number of rotatable bonds is 5. The highest BCUT2D eigenvalue weighted by atomic mass is 35.5. The van der Waals surface area contributed by atoms with Crippen LogP contribution in [0.5, 0.6) is 0 Å². The Hall–Kier alpha value is -2.11. The third-order valence-corrected chi connectivity index (χ3v) is 4.68. The lowest BCUT2D eigenvalue weighted by Crippen LogP contribution is -2.28. The molecular formula is C18H20ClN3O2. The average Bonchev–Trinajstić information content (AvgIpc) is 2.89. The number of nitro benzene ring substituents is 1. The van der Waals surface area contributed by atoms with E-state index in [9.17, 15) is 10.1 Å². The van der Waals surface area contributed by atoms with E-state index in [0.29, 0.717) is 16.8 Å². The van der Waals surface area contributed by atoms with Crippen LogP contribution in [-0.4, -0.2) is 28.5 Å². The maximum atomic E-state index is 11.2. The first-order valence-corrected chi connectivity index (χ1v) is 8.39. The molecule has 5 nitrogen and oxygen atoms in total. The van der Waals surface area contributed by atoms with Crippen LogP contribution < -0.4 is 5.32 Å². The van der Waals surface area contributed by atoms with E-state index in [1.54, 1.807) is 12.1 Å². The van der Waals surface area contributed by atoms with Gasteiger partial charge in [0.25, 0.3) is 5.69 Å². The molecule has 1 heterocycles. The van der Waals surface area contributed by atoms with Gasteiger partial charge in [-0.05, 0) is 31.0 Å². The molecule has 24 heavy (non-hydrogen) atoms. The predicted octanol–water partition coefficient (Wildman–Crippen LogP) is 4.32. The second-order valence-corrected chi connectivity index (χ2v) is 6.70. The third-order valence-electron chi connectivity index (χ3n) is 4.45. The zero-order valence-corrected chi connectivity index (χ0v) is 14.2. The Bertz CT molecular complexity index is 723. The Morgan fingerprint density at radius 2 is 2.04 bits per heavy atom. The molecule has 2 atom stereocenters. The molecule has 0 amide bonds. The van der Waals surface area contributed by atoms with Crippen LogP contribution in [0.2, 0.25) is 5.02 Å². The van der Waals surface area contributed by atoms with Gasteiger partial charge < -0.3 is 5.32 Å². The summed E-state index contributed by atoms with van der Waals surface area (Å²) in [6, 6.07) is 15.7. The Morgan fingerprint density at radius 3 is 2.75 bits per heavy atom. The number of nitrogens with one attached hydrogen (secondary N) is 1. The molecule has 1 N–H and O–H groups in total. The Kier molecular flexibility index (Phi) is 5.02. The Morgan fingerprint density at radius 1 is 1.29 bits per heavy atom. The number of likely N-dealkylation sites (tertiary alicyclic amines) is 1. The van der Waals surface area contributed by atoms with Gasteiger partial charge in [-0.25, -0.2) is 0 Å². The predicted molar refractivity (Wildman–Crippen MR) is 96.4 cm³/mol. The van der Waals surface area contributed by atoms with Crippen molar-refractivity contribution in [2.75, 3.05) is 11.9 Å². The number of benzene rings is 2. The first-order chi connectivity index (χ1) is 11.5. The summed E-state index contributed by atoms with van der Waals surface area (Å²) in [4.78, 5) is 13.2. The second-order valence-electron chi connectivity index (χ2n) is 6.26. The highest BCUT2D eigenvalue weighted by molar-refractivity contribution is 6.30. The molecule has 1 aliphatic rings. The molecule has 6 heteroatoms. The van der Waals surface area contributed by atoms with Gasteiger partial charge in [0.15, 0.2) is 0 Å². The summed E-state index contributed by atoms with van der Waals surface area (Å²) in [6.07, 6.45) is 0.951. The van der Waals surface area contributed by atoms with Crippen LogP contribution in [0.15, 0.2) is 48.5 Å². The van der Waals surface area contributed by atoms with E-state index in [1.165, 1.54) is 11.6 Å². The minimum absolute atomic E-state index is 0.0247. The number of hydrogen-bond donors (Lipinski definition) is 1. The molecule has 2 unspecified atom stereocenters. The fourth-order valence-electron chi connectivity index (χ4n) is 3.24. The summed E-state index contributed by atoms with van der Waals surface area (Å²) in [7, 11) is 0. The summed E-state index contributed by atoms with van der Waals surface area (Å²) >= 11 is 5.87. The minimum atomic E-state index is -0.395. The van der Waals surface area contributed by atoms with Crippen molar-refractivity contribution in [1.82, 2.24) is 4.90 Å². The van der Waals surface area contributed by atoms with E-state index in [1.807, 2.05) is 18.2 Å². The van der Waals surface area contributed by atoms with Crippen molar-refractivity contribution in [1.29, 1.82) is 0 Å². The highest BCUT2D eigenvalue weighted by Crippen LogP contribution is 2.30. The zero-order valence-electron chi connectivity index (χ0n) is 13.5. The first-order valence-electron chi connectivity index (χ1n) is 8.01. The van der Waals surface area contributed by atoms with E-state index in [4.69, 9.17) is 11.6 Å². The van der Waals surface area contributed by atoms with Crippen LogP contribution in [0.4, 0.5) is 11.4 Å². The maximum Gasteiger partial charge on any atom is 0.293 e. The molecule has 2 aromatic rings. The van der Waals surface area contributed by atoms with Crippen LogP contribution in [-0.2, 0) is 6.54 Å². The zero-order chi connectivity index (χ0) is 17.1. The molecule has 1 saturated heterocycles. The van der Waals surface area contributed by atoms with Gasteiger partial charge >= 0.3 is 0 Å². The standard InChI is InChI=1S/C18H20ClN3O2/c1-13-9-16(12-21(13)11-14-5-3-2-4-6-14)20-17-8-7-15(19)10-18(17)22(23)24/h2-8,10,13,16,20H,9,11-12H2,1H3.